The number of benzene rings is 2. The van der Waals surface area contributed by atoms with Crippen molar-refractivity contribution in [3.63, 3.8) is 0 Å². The zero-order valence-electron chi connectivity index (χ0n) is 14.5. The monoisotopic (exact) mass is 365 g/mol. The number of halogens is 2. The molecule has 27 heavy (non-hydrogen) atoms. The number of anilines is 2. The number of nitrogens with zero attached hydrogens (tertiary/aromatic N) is 2. The minimum atomic E-state index is -0.827. The Morgan fingerprint density at radius 1 is 0.963 bits per heavy atom. The van der Waals surface area contributed by atoms with Crippen LogP contribution in [0.3, 0.4) is 0 Å². The molecule has 1 aliphatic rings. The second kappa shape index (κ2) is 7.15. The fraction of sp³-hybridized carbons (Fsp3) is 0.143. The first-order valence-electron chi connectivity index (χ1n) is 8.65. The normalized spacial score (nSPS) is 13.2. The summed E-state index contributed by atoms with van der Waals surface area (Å²) in [6.07, 6.45) is 2.56. The molecule has 0 saturated heterocycles. The van der Waals surface area contributed by atoms with Gasteiger partial charge >= 0.3 is 0 Å². The van der Waals surface area contributed by atoms with Gasteiger partial charge in [-0.15, -0.1) is 0 Å². The van der Waals surface area contributed by atoms with Gasteiger partial charge in [-0.25, -0.2) is 13.8 Å². The predicted molar refractivity (Wildman–Crippen MR) is 99.7 cm³/mol. The van der Waals surface area contributed by atoms with Gasteiger partial charge < -0.3 is 10.2 Å². The Kier molecular flexibility index (Phi) is 4.54. The van der Waals surface area contributed by atoms with Crippen molar-refractivity contribution >= 4 is 17.3 Å². The van der Waals surface area contributed by atoms with E-state index in [0.29, 0.717) is 0 Å². The third-order valence-corrected chi connectivity index (χ3v) is 4.68. The molecule has 136 valence electrons. The molecule has 6 heteroatoms. The fourth-order valence-corrected chi connectivity index (χ4v) is 3.22. The van der Waals surface area contributed by atoms with Crippen LogP contribution in [0.2, 0.25) is 0 Å². The average molecular weight is 365 g/mol. The molecule has 1 amide bonds. The molecule has 4 nitrogen and oxygen atoms in total. The van der Waals surface area contributed by atoms with Crippen molar-refractivity contribution in [2.24, 2.45) is 0 Å². The molecule has 0 unspecified atom stereocenters. The molecule has 0 fully saturated rings. The van der Waals surface area contributed by atoms with Crippen LogP contribution >= 0.6 is 0 Å². The summed E-state index contributed by atoms with van der Waals surface area (Å²) in [6.45, 7) is 1.65. The van der Waals surface area contributed by atoms with E-state index in [-0.39, 0.29) is 5.69 Å². The first-order valence-corrected chi connectivity index (χ1v) is 8.65. The van der Waals surface area contributed by atoms with Gasteiger partial charge in [0.05, 0.1) is 11.9 Å². The van der Waals surface area contributed by atoms with Crippen molar-refractivity contribution in [1.82, 2.24) is 4.98 Å². The van der Waals surface area contributed by atoms with Crippen molar-refractivity contribution in [3.05, 3.63) is 89.2 Å². The minimum Gasteiger partial charge on any atom is -0.366 e. The van der Waals surface area contributed by atoms with Gasteiger partial charge in [0, 0.05) is 13.1 Å². The van der Waals surface area contributed by atoms with Crippen molar-refractivity contribution in [1.29, 1.82) is 0 Å². The Morgan fingerprint density at radius 2 is 1.70 bits per heavy atom. The molecule has 4 rings (SSSR count). The molecule has 2 aromatic carbocycles. The Labute approximate surface area is 155 Å². The molecule has 2 heterocycles. The molecular weight excluding hydrogens is 348 g/mol. The third-order valence-electron chi connectivity index (χ3n) is 4.68. The van der Waals surface area contributed by atoms with Gasteiger partial charge in [0.1, 0.15) is 23.0 Å². The van der Waals surface area contributed by atoms with E-state index in [4.69, 9.17) is 0 Å². The van der Waals surface area contributed by atoms with Crippen LogP contribution in [-0.4, -0.2) is 17.4 Å². The Morgan fingerprint density at radius 3 is 2.41 bits per heavy atom. The Bertz CT molecular complexity index is 969. The lowest BCUT2D eigenvalue weighted by atomic mass is 10.00. The van der Waals surface area contributed by atoms with Crippen LogP contribution in [0.4, 0.5) is 20.2 Å². The number of hydrogen-bond acceptors (Lipinski definition) is 3. The summed E-state index contributed by atoms with van der Waals surface area (Å²) in [6, 6.07) is 15.1. The second-order valence-electron chi connectivity index (χ2n) is 6.39. The van der Waals surface area contributed by atoms with E-state index in [1.807, 2.05) is 12.1 Å². The number of rotatable bonds is 3. The number of amides is 1. The minimum absolute atomic E-state index is 0.0961. The molecule has 0 radical (unpaired) electrons. The first-order chi connectivity index (χ1) is 13.1. The second-order valence-corrected chi connectivity index (χ2v) is 6.39. The highest BCUT2D eigenvalue weighted by Crippen LogP contribution is 2.24. The van der Waals surface area contributed by atoms with Crippen LogP contribution in [0.1, 0.15) is 21.6 Å². The highest BCUT2D eigenvalue weighted by atomic mass is 19.1. The number of aromatic nitrogens is 1. The lowest BCUT2D eigenvalue weighted by Crippen LogP contribution is -2.30. The molecule has 1 aromatic heterocycles. The van der Waals surface area contributed by atoms with Gasteiger partial charge in [-0.1, -0.05) is 30.3 Å². The topological polar surface area (TPSA) is 45.2 Å². The molecule has 3 aromatic rings. The maximum atomic E-state index is 13.7. The summed E-state index contributed by atoms with van der Waals surface area (Å²) in [4.78, 5) is 18.6. The number of carbonyl (C=O) groups is 1. The molecule has 0 spiro atoms. The van der Waals surface area contributed by atoms with E-state index in [1.54, 1.807) is 18.3 Å². The molecule has 0 bridgehead atoms. The molecule has 0 atom stereocenters. The van der Waals surface area contributed by atoms with Crippen LogP contribution in [0.5, 0.6) is 0 Å². The van der Waals surface area contributed by atoms with Gasteiger partial charge in [-0.05, 0) is 41.8 Å². The summed E-state index contributed by atoms with van der Waals surface area (Å²) in [5, 5.41) is 2.24. The standard InChI is InChI=1S/C21H17F2N3O/c22-17-6-3-7-18(23)20(17)25-21(27)19-9-8-16(12-24-19)26-11-10-14-4-1-2-5-15(14)13-26/h1-9,12H,10-11,13H2,(H,25,27). The van der Waals surface area contributed by atoms with E-state index in [2.05, 4.69) is 27.3 Å². The zero-order chi connectivity index (χ0) is 18.8. The van der Waals surface area contributed by atoms with E-state index < -0.39 is 23.2 Å². The lowest BCUT2D eigenvalue weighted by molar-refractivity contribution is 0.102. The summed E-state index contributed by atoms with van der Waals surface area (Å²) >= 11 is 0. The summed E-state index contributed by atoms with van der Waals surface area (Å²) < 4.78 is 27.3. The van der Waals surface area contributed by atoms with Gasteiger partial charge in [0.15, 0.2) is 0 Å². The molecule has 0 aliphatic carbocycles. The van der Waals surface area contributed by atoms with Crippen LogP contribution in [0.25, 0.3) is 0 Å². The van der Waals surface area contributed by atoms with Gasteiger partial charge in [0.2, 0.25) is 0 Å². The number of nitrogens with one attached hydrogen (secondary N) is 1. The molecular formula is C21H17F2N3O. The smallest absolute Gasteiger partial charge is 0.274 e. The Balaban J connectivity index is 1.49. The number of fused-ring (bicyclic) bond motifs is 1. The number of para-hydroxylation sites is 1. The van der Waals surface area contributed by atoms with E-state index in [9.17, 15) is 13.6 Å². The lowest BCUT2D eigenvalue weighted by Gasteiger charge is -2.30. The Hall–Kier alpha value is -3.28. The van der Waals surface area contributed by atoms with Crippen molar-refractivity contribution in [2.75, 3.05) is 16.8 Å². The van der Waals surface area contributed by atoms with Crippen molar-refractivity contribution in [3.8, 4) is 0 Å². The highest BCUT2D eigenvalue weighted by Gasteiger charge is 2.18. The van der Waals surface area contributed by atoms with Crippen LogP contribution < -0.4 is 10.2 Å². The largest absolute Gasteiger partial charge is 0.366 e. The van der Waals surface area contributed by atoms with E-state index >= 15 is 0 Å². The fourth-order valence-electron chi connectivity index (χ4n) is 3.22. The van der Waals surface area contributed by atoms with Crippen molar-refractivity contribution < 1.29 is 13.6 Å². The third kappa shape index (κ3) is 3.51. The van der Waals surface area contributed by atoms with Gasteiger partial charge in [-0.3, -0.25) is 4.79 Å². The zero-order valence-corrected chi connectivity index (χ0v) is 14.5. The highest BCUT2D eigenvalue weighted by molar-refractivity contribution is 6.03. The van der Waals surface area contributed by atoms with Crippen LogP contribution in [-0.2, 0) is 13.0 Å². The summed E-state index contributed by atoms with van der Waals surface area (Å²) in [5.74, 6) is -2.31. The quantitative estimate of drug-likeness (QED) is 0.758. The maximum Gasteiger partial charge on any atom is 0.274 e. The predicted octanol–water partition coefficient (Wildman–Crippen LogP) is 4.17. The first kappa shape index (κ1) is 17.1. The van der Waals surface area contributed by atoms with Crippen LogP contribution in [0, 0.1) is 11.6 Å². The summed E-state index contributed by atoms with van der Waals surface area (Å²) in [5.41, 5.74) is 3.16. The molecule has 1 N–H and O–H groups in total. The van der Waals surface area contributed by atoms with E-state index in [1.165, 1.54) is 17.2 Å². The average Bonchev–Trinajstić information content (AvgIpc) is 2.70. The molecule has 0 saturated carbocycles. The molecule has 1 aliphatic heterocycles. The van der Waals surface area contributed by atoms with Crippen molar-refractivity contribution in [2.45, 2.75) is 13.0 Å². The summed E-state index contributed by atoms with van der Waals surface area (Å²) in [7, 11) is 0. The SMILES string of the molecule is O=C(Nc1c(F)cccc1F)c1ccc(N2CCc3ccccc3C2)cn1. The van der Waals surface area contributed by atoms with Gasteiger partial charge in [0.25, 0.3) is 5.91 Å². The van der Waals surface area contributed by atoms with Gasteiger partial charge in [-0.2, -0.15) is 0 Å². The van der Waals surface area contributed by atoms with Crippen LogP contribution in [0.15, 0.2) is 60.8 Å². The number of pyridine rings is 1. The maximum absolute atomic E-state index is 13.7. The number of hydrogen-bond donors (Lipinski definition) is 1. The number of carbonyl (C=O) groups excluding carboxylic acids is 1. The van der Waals surface area contributed by atoms with E-state index in [0.717, 1.165) is 37.3 Å².